The number of nitrogens with zero attached hydrogens (tertiary/aromatic N) is 3. The largest absolute Gasteiger partial charge is 0.497 e. The molecule has 1 N–H and O–H groups in total. The summed E-state index contributed by atoms with van der Waals surface area (Å²) < 4.78 is 5.26. The van der Waals surface area contributed by atoms with Gasteiger partial charge in [0.25, 0.3) is 0 Å². The standard InChI is InChI=1S/C22H30N4O2/c1-28-20-5-3-18(4-6-20)14-25-11-2-9-22(15-25)10-7-21(27)26(16-22)12-8-19-13-23-17-24-19/h3-6,13,17H,2,7-12,14-16H2,1H3,(H,23,24)/t22-/m1/s1. The second-order valence-corrected chi connectivity index (χ2v) is 8.30. The van der Waals surface area contributed by atoms with Crippen molar-refractivity contribution in [3.63, 3.8) is 0 Å². The van der Waals surface area contributed by atoms with E-state index >= 15 is 0 Å². The lowest BCUT2D eigenvalue weighted by Crippen LogP contribution is -2.54. The molecule has 2 aromatic rings. The lowest BCUT2D eigenvalue weighted by atomic mass is 9.73. The number of H-pyrrole nitrogens is 1. The van der Waals surface area contributed by atoms with E-state index in [1.165, 1.54) is 18.4 Å². The van der Waals surface area contributed by atoms with Gasteiger partial charge in [-0.25, -0.2) is 4.98 Å². The van der Waals surface area contributed by atoms with Crippen molar-refractivity contribution in [2.24, 2.45) is 5.41 Å². The zero-order valence-corrected chi connectivity index (χ0v) is 16.7. The van der Waals surface area contributed by atoms with Gasteiger partial charge >= 0.3 is 0 Å². The highest BCUT2D eigenvalue weighted by Gasteiger charge is 2.41. The summed E-state index contributed by atoms with van der Waals surface area (Å²) in [4.78, 5) is 24.3. The molecule has 1 atom stereocenters. The fraction of sp³-hybridized carbons (Fsp3) is 0.545. The molecule has 1 amide bonds. The van der Waals surface area contributed by atoms with Crippen LogP contribution in [0.3, 0.4) is 0 Å². The third kappa shape index (κ3) is 4.38. The van der Waals surface area contributed by atoms with Crippen LogP contribution in [-0.4, -0.2) is 59.0 Å². The first-order chi connectivity index (χ1) is 13.7. The summed E-state index contributed by atoms with van der Waals surface area (Å²) >= 11 is 0. The number of hydrogen-bond donors (Lipinski definition) is 1. The summed E-state index contributed by atoms with van der Waals surface area (Å²) in [7, 11) is 1.70. The number of imidazole rings is 1. The number of rotatable bonds is 6. The highest BCUT2D eigenvalue weighted by Crippen LogP contribution is 2.39. The van der Waals surface area contributed by atoms with Gasteiger partial charge in [0.2, 0.25) is 5.91 Å². The van der Waals surface area contributed by atoms with Crippen molar-refractivity contribution in [1.29, 1.82) is 0 Å². The number of amides is 1. The number of likely N-dealkylation sites (tertiary alicyclic amines) is 2. The van der Waals surface area contributed by atoms with Gasteiger partial charge in [-0.1, -0.05) is 12.1 Å². The number of nitrogens with one attached hydrogen (secondary N) is 1. The second kappa shape index (κ2) is 8.35. The van der Waals surface area contributed by atoms with Crippen LogP contribution < -0.4 is 4.74 Å². The SMILES string of the molecule is COc1ccc(CN2CCC[C@@]3(CCC(=O)N(CCc4cnc[nH]4)C3)C2)cc1. The van der Waals surface area contributed by atoms with Crippen LogP contribution in [0, 0.1) is 5.41 Å². The Morgan fingerprint density at radius 3 is 2.82 bits per heavy atom. The molecule has 2 saturated heterocycles. The van der Waals surface area contributed by atoms with E-state index in [-0.39, 0.29) is 5.41 Å². The minimum atomic E-state index is 0.243. The van der Waals surface area contributed by atoms with Crippen molar-refractivity contribution < 1.29 is 9.53 Å². The summed E-state index contributed by atoms with van der Waals surface area (Å²) in [6, 6.07) is 8.37. The maximum absolute atomic E-state index is 12.5. The number of hydrogen-bond acceptors (Lipinski definition) is 4. The van der Waals surface area contributed by atoms with Crippen molar-refractivity contribution in [2.45, 2.75) is 38.6 Å². The van der Waals surface area contributed by atoms with Crippen LogP contribution in [0.25, 0.3) is 0 Å². The van der Waals surface area contributed by atoms with Crippen molar-refractivity contribution >= 4 is 5.91 Å². The molecule has 2 fully saturated rings. The third-order valence-electron chi connectivity index (χ3n) is 6.26. The topological polar surface area (TPSA) is 61.5 Å². The van der Waals surface area contributed by atoms with Gasteiger partial charge in [0.05, 0.1) is 13.4 Å². The Kier molecular flexibility index (Phi) is 5.67. The monoisotopic (exact) mass is 382 g/mol. The molecule has 4 rings (SSSR count). The molecular formula is C22H30N4O2. The molecular weight excluding hydrogens is 352 g/mol. The molecule has 3 heterocycles. The van der Waals surface area contributed by atoms with Gasteiger partial charge in [0, 0.05) is 56.3 Å². The number of carbonyl (C=O) groups is 1. The highest BCUT2D eigenvalue weighted by molar-refractivity contribution is 5.77. The van der Waals surface area contributed by atoms with Gasteiger partial charge in [0.15, 0.2) is 0 Å². The maximum Gasteiger partial charge on any atom is 0.222 e. The van der Waals surface area contributed by atoms with Gasteiger partial charge in [0.1, 0.15) is 5.75 Å². The average molecular weight is 383 g/mol. The van der Waals surface area contributed by atoms with Crippen LogP contribution in [0.15, 0.2) is 36.8 Å². The van der Waals surface area contributed by atoms with Crippen LogP contribution in [0.5, 0.6) is 5.75 Å². The summed E-state index contributed by atoms with van der Waals surface area (Å²) in [5, 5.41) is 0. The van der Waals surface area contributed by atoms with Gasteiger partial charge < -0.3 is 14.6 Å². The minimum absolute atomic E-state index is 0.243. The van der Waals surface area contributed by atoms with Gasteiger partial charge in [-0.3, -0.25) is 9.69 Å². The van der Waals surface area contributed by atoms with Crippen LogP contribution in [0.2, 0.25) is 0 Å². The third-order valence-corrected chi connectivity index (χ3v) is 6.26. The van der Waals surface area contributed by atoms with Crippen LogP contribution in [0.4, 0.5) is 0 Å². The Morgan fingerprint density at radius 2 is 2.07 bits per heavy atom. The lowest BCUT2D eigenvalue weighted by Gasteiger charge is -2.48. The van der Waals surface area contributed by atoms with Crippen LogP contribution >= 0.6 is 0 Å². The lowest BCUT2D eigenvalue weighted by molar-refractivity contribution is -0.139. The Bertz CT molecular complexity index is 774. The van der Waals surface area contributed by atoms with E-state index < -0.39 is 0 Å². The van der Waals surface area contributed by atoms with E-state index in [9.17, 15) is 4.79 Å². The number of piperidine rings is 2. The van der Waals surface area contributed by atoms with E-state index in [0.717, 1.165) is 57.0 Å². The maximum atomic E-state index is 12.5. The van der Waals surface area contributed by atoms with E-state index in [1.807, 2.05) is 18.3 Å². The van der Waals surface area contributed by atoms with E-state index in [4.69, 9.17) is 4.74 Å². The van der Waals surface area contributed by atoms with Crippen molar-refractivity contribution in [3.8, 4) is 5.75 Å². The minimum Gasteiger partial charge on any atom is -0.497 e. The normalized spacial score (nSPS) is 23.3. The fourth-order valence-corrected chi connectivity index (χ4v) is 4.75. The molecule has 0 unspecified atom stereocenters. The summed E-state index contributed by atoms with van der Waals surface area (Å²) in [5.41, 5.74) is 2.66. The Labute approximate surface area is 166 Å². The van der Waals surface area contributed by atoms with Crippen molar-refractivity contribution in [3.05, 3.63) is 48.0 Å². The van der Waals surface area contributed by atoms with Crippen LogP contribution in [-0.2, 0) is 17.8 Å². The number of aromatic amines is 1. The number of carbonyl (C=O) groups excluding carboxylic acids is 1. The molecule has 28 heavy (non-hydrogen) atoms. The van der Waals surface area contributed by atoms with Crippen LogP contribution in [0.1, 0.15) is 36.9 Å². The summed E-state index contributed by atoms with van der Waals surface area (Å²) in [5.74, 6) is 1.20. The predicted molar refractivity (Wildman–Crippen MR) is 108 cm³/mol. The highest BCUT2D eigenvalue weighted by atomic mass is 16.5. The molecule has 1 aromatic carbocycles. The first-order valence-electron chi connectivity index (χ1n) is 10.3. The summed E-state index contributed by atoms with van der Waals surface area (Å²) in [6.45, 7) is 4.84. The zero-order valence-electron chi connectivity index (χ0n) is 16.7. The molecule has 1 spiro atoms. The van der Waals surface area contributed by atoms with Crippen molar-refractivity contribution in [1.82, 2.24) is 19.8 Å². The second-order valence-electron chi connectivity index (χ2n) is 8.30. The fourth-order valence-electron chi connectivity index (χ4n) is 4.75. The molecule has 6 heteroatoms. The molecule has 0 bridgehead atoms. The molecule has 0 saturated carbocycles. The number of ether oxygens (including phenoxy) is 1. The Hall–Kier alpha value is -2.34. The van der Waals surface area contributed by atoms with Gasteiger partial charge in [-0.05, 0) is 43.5 Å². The average Bonchev–Trinajstić information content (AvgIpc) is 3.23. The smallest absolute Gasteiger partial charge is 0.222 e. The Balaban J connectivity index is 1.37. The summed E-state index contributed by atoms with van der Waals surface area (Å²) in [6.07, 6.45) is 8.52. The number of methoxy groups -OCH3 is 1. The molecule has 0 radical (unpaired) electrons. The first-order valence-corrected chi connectivity index (χ1v) is 10.3. The number of benzene rings is 1. The predicted octanol–water partition coefficient (Wildman–Crippen LogP) is 2.87. The zero-order chi connectivity index (χ0) is 19.4. The van der Waals surface area contributed by atoms with E-state index in [2.05, 4.69) is 31.9 Å². The van der Waals surface area contributed by atoms with E-state index in [0.29, 0.717) is 12.3 Å². The molecule has 2 aliphatic rings. The Morgan fingerprint density at radius 1 is 1.21 bits per heavy atom. The molecule has 0 aliphatic carbocycles. The molecule has 6 nitrogen and oxygen atoms in total. The molecule has 150 valence electrons. The quantitative estimate of drug-likeness (QED) is 0.835. The van der Waals surface area contributed by atoms with Crippen molar-refractivity contribution in [2.75, 3.05) is 33.3 Å². The first kappa shape index (κ1) is 19.0. The number of aromatic nitrogens is 2. The van der Waals surface area contributed by atoms with E-state index in [1.54, 1.807) is 13.4 Å². The molecule has 1 aromatic heterocycles. The van der Waals surface area contributed by atoms with Gasteiger partial charge in [-0.15, -0.1) is 0 Å². The van der Waals surface area contributed by atoms with Gasteiger partial charge in [-0.2, -0.15) is 0 Å². The molecule has 2 aliphatic heterocycles.